The molecule has 6 heteroatoms. The highest BCUT2D eigenvalue weighted by Crippen LogP contribution is 2.28. The SMILES string of the molecule is Clc1cc(Cl)n2c(n1)nc1c3ccccc3[nH]c12. The van der Waals surface area contributed by atoms with Gasteiger partial charge in [-0.05, 0) is 6.07 Å². The molecule has 0 bridgehead atoms. The number of fused-ring (bicyclic) bond motifs is 5. The first-order valence-electron chi connectivity index (χ1n) is 5.35. The van der Waals surface area contributed by atoms with Gasteiger partial charge in [0, 0.05) is 17.0 Å². The molecule has 4 aromatic rings. The van der Waals surface area contributed by atoms with E-state index in [0.29, 0.717) is 16.1 Å². The average Bonchev–Trinajstić information content (AvgIpc) is 2.83. The van der Waals surface area contributed by atoms with Gasteiger partial charge in [-0.15, -0.1) is 0 Å². The van der Waals surface area contributed by atoms with Crippen molar-refractivity contribution in [2.75, 3.05) is 0 Å². The zero-order valence-corrected chi connectivity index (χ0v) is 10.5. The van der Waals surface area contributed by atoms with Crippen molar-refractivity contribution >= 4 is 51.0 Å². The maximum Gasteiger partial charge on any atom is 0.238 e. The molecular formula is C12H6Cl2N4. The molecule has 88 valence electrons. The molecule has 3 heterocycles. The van der Waals surface area contributed by atoms with Crippen molar-refractivity contribution in [3.63, 3.8) is 0 Å². The Morgan fingerprint density at radius 2 is 1.94 bits per heavy atom. The molecule has 18 heavy (non-hydrogen) atoms. The number of nitrogens with zero attached hydrogens (tertiary/aromatic N) is 3. The van der Waals surface area contributed by atoms with Crippen LogP contribution in [0.1, 0.15) is 0 Å². The van der Waals surface area contributed by atoms with E-state index >= 15 is 0 Å². The largest absolute Gasteiger partial charge is 0.339 e. The van der Waals surface area contributed by atoms with Crippen LogP contribution in [0.4, 0.5) is 0 Å². The van der Waals surface area contributed by atoms with Gasteiger partial charge in [-0.1, -0.05) is 41.4 Å². The predicted molar refractivity (Wildman–Crippen MR) is 72.4 cm³/mol. The molecule has 0 amide bonds. The molecule has 0 spiro atoms. The minimum absolute atomic E-state index is 0.337. The molecule has 4 rings (SSSR count). The van der Waals surface area contributed by atoms with Gasteiger partial charge in [0.25, 0.3) is 0 Å². The van der Waals surface area contributed by atoms with Crippen LogP contribution < -0.4 is 0 Å². The quantitative estimate of drug-likeness (QED) is 0.498. The molecule has 0 aliphatic rings. The van der Waals surface area contributed by atoms with E-state index in [1.54, 1.807) is 10.5 Å². The van der Waals surface area contributed by atoms with Gasteiger partial charge in [0.1, 0.15) is 21.5 Å². The molecular weight excluding hydrogens is 271 g/mol. The van der Waals surface area contributed by atoms with Crippen LogP contribution in [-0.4, -0.2) is 19.4 Å². The van der Waals surface area contributed by atoms with Crippen LogP contribution in [0, 0.1) is 0 Å². The number of hydrogen-bond donors (Lipinski definition) is 1. The lowest BCUT2D eigenvalue weighted by Gasteiger charge is -1.97. The topological polar surface area (TPSA) is 46.0 Å². The normalized spacial score (nSPS) is 11.9. The smallest absolute Gasteiger partial charge is 0.238 e. The van der Waals surface area contributed by atoms with Crippen molar-refractivity contribution in [3.8, 4) is 0 Å². The molecule has 0 aliphatic heterocycles. The molecule has 3 aromatic heterocycles. The summed E-state index contributed by atoms with van der Waals surface area (Å²) in [6.45, 7) is 0. The van der Waals surface area contributed by atoms with Gasteiger partial charge in [-0.3, -0.25) is 4.40 Å². The molecule has 1 aromatic carbocycles. The molecule has 4 nitrogen and oxygen atoms in total. The fraction of sp³-hybridized carbons (Fsp3) is 0. The number of benzene rings is 1. The number of H-pyrrole nitrogens is 1. The van der Waals surface area contributed by atoms with E-state index in [2.05, 4.69) is 15.0 Å². The van der Waals surface area contributed by atoms with Crippen molar-refractivity contribution in [1.82, 2.24) is 19.4 Å². The lowest BCUT2D eigenvalue weighted by Crippen LogP contribution is -1.91. The highest BCUT2D eigenvalue weighted by atomic mass is 35.5. The predicted octanol–water partition coefficient (Wildman–Crippen LogP) is 3.67. The first-order valence-corrected chi connectivity index (χ1v) is 6.10. The Morgan fingerprint density at radius 1 is 1.11 bits per heavy atom. The summed E-state index contributed by atoms with van der Waals surface area (Å²) in [5, 5.41) is 1.87. The molecule has 0 saturated heterocycles. The van der Waals surface area contributed by atoms with E-state index in [1.807, 2.05) is 24.3 Å². The van der Waals surface area contributed by atoms with Crippen LogP contribution in [0.25, 0.3) is 27.8 Å². The number of aromatic nitrogens is 4. The van der Waals surface area contributed by atoms with Crippen LogP contribution in [-0.2, 0) is 0 Å². The van der Waals surface area contributed by atoms with E-state index < -0.39 is 0 Å². The molecule has 0 aliphatic carbocycles. The number of para-hydroxylation sites is 1. The van der Waals surface area contributed by atoms with Crippen molar-refractivity contribution < 1.29 is 0 Å². The third-order valence-corrected chi connectivity index (χ3v) is 3.43. The molecule has 0 atom stereocenters. The summed E-state index contributed by atoms with van der Waals surface area (Å²) in [6.07, 6.45) is 0. The van der Waals surface area contributed by atoms with Gasteiger partial charge in [0.2, 0.25) is 5.78 Å². The number of halogens is 2. The average molecular weight is 277 g/mol. The number of rotatable bonds is 0. The summed E-state index contributed by atoms with van der Waals surface area (Å²) in [4.78, 5) is 11.9. The Hall–Kier alpha value is -1.78. The Morgan fingerprint density at radius 3 is 2.83 bits per heavy atom. The van der Waals surface area contributed by atoms with Crippen molar-refractivity contribution in [2.45, 2.75) is 0 Å². The van der Waals surface area contributed by atoms with Crippen LogP contribution >= 0.6 is 23.2 Å². The fourth-order valence-electron chi connectivity index (χ4n) is 2.21. The first kappa shape index (κ1) is 10.2. The van der Waals surface area contributed by atoms with E-state index in [0.717, 1.165) is 22.1 Å². The molecule has 0 saturated carbocycles. The maximum absolute atomic E-state index is 6.19. The van der Waals surface area contributed by atoms with Crippen LogP contribution in [0.2, 0.25) is 10.3 Å². The second kappa shape index (κ2) is 3.37. The van der Waals surface area contributed by atoms with E-state index in [-0.39, 0.29) is 0 Å². The summed E-state index contributed by atoms with van der Waals surface area (Å²) in [7, 11) is 0. The summed E-state index contributed by atoms with van der Waals surface area (Å²) in [5.74, 6) is 0.500. The van der Waals surface area contributed by atoms with Crippen LogP contribution in [0.15, 0.2) is 30.3 Å². The molecule has 0 radical (unpaired) electrons. The minimum Gasteiger partial charge on any atom is -0.339 e. The highest BCUT2D eigenvalue weighted by Gasteiger charge is 2.14. The lowest BCUT2D eigenvalue weighted by molar-refractivity contribution is 1.12. The standard InChI is InChI=1S/C12H6Cl2N4/c13-8-5-9(14)18-11-10(17-12(18)16-8)6-3-1-2-4-7(6)15-11/h1-5,15H. The van der Waals surface area contributed by atoms with E-state index in [1.165, 1.54) is 0 Å². The van der Waals surface area contributed by atoms with Crippen LogP contribution in [0.3, 0.4) is 0 Å². The monoisotopic (exact) mass is 276 g/mol. The first-order chi connectivity index (χ1) is 8.74. The zero-order valence-electron chi connectivity index (χ0n) is 8.98. The second-order valence-corrected chi connectivity index (χ2v) is 4.79. The summed E-state index contributed by atoms with van der Waals surface area (Å²) in [6, 6.07) is 9.56. The van der Waals surface area contributed by atoms with E-state index in [4.69, 9.17) is 23.2 Å². The Bertz CT molecular complexity index is 907. The number of hydrogen-bond acceptors (Lipinski definition) is 2. The second-order valence-electron chi connectivity index (χ2n) is 4.02. The van der Waals surface area contributed by atoms with Gasteiger partial charge < -0.3 is 4.98 Å². The number of nitrogens with one attached hydrogen (secondary N) is 1. The van der Waals surface area contributed by atoms with Crippen LogP contribution in [0.5, 0.6) is 0 Å². The minimum atomic E-state index is 0.337. The Labute approximate surface area is 111 Å². The molecule has 0 unspecified atom stereocenters. The fourth-order valence-corrected chi connectivity index (χ4v) is 2.70. The van der Waals surface area contributed by atoms with Crippen molar-refractivity contribution in [3.05, 3.63) is 40.6 Å². The lowest BCUT2D eigenvalue weighted by atomic mass is 10.2. The highest BCUT2D eigenvalue weighted by molar-refractivity contribution is 6.33. The summed E-state index contributed by atoms with van der Waals surface area (Å²) < 4.78 is 1.75. The van der Waals surface area contributed by atoms with Crippen molar-refractivity contribution in [2.24, 2.45) is 0 Å². The number of imidazole rings is 1. The van der Waals surface area contributed by atoms with Gasteiger partial charge >= 0.3 is 0 Å². The zero-order chi connectivity index (χ0) is 12.3. The maximum atomic E-state index is 6.19. The number of aromatic amines is 1. The van der Waals surface area contributed by atoms with Gasteiger partial charge in [0.15, 0.2) is 0 Å². The van der Waals surface area contributed by atoms with Gasteiger partial charge in [-0.25, -0.2) is 9.97 Å². The molecule has 0 fully saturated rings. The Balaban J connectivity index is 2.31. The van der Waals surface area contributed by atoms with Crippen molar-refractivity contribution in [1.29, 1.82) is 0 Å². The summed E-state index contributed by atoms with van der Waals surface area (Å²) >= 11 is 12.1. The van der Waals surface area contributed by atoms with Gasteiger partial charge in [-0.2, -0.15) is 0 Å². The molecule has 1 N–H and O–H groups in total. The van der Waals surface area contributed by atoms with Gasteiger partial charge in [0.05, 0.1) is 0 Å². The third-order valence-electron chi connectivity index (χ3n) is 2.95. The Kier molecular flexibility index (Phi) is 1.90. The van der Waals surface area contributed by atoms with E-state index in [9.17, 15) is 0 Å². The third kappa shape index (κ3) is 1.22. The summed E-state index contributed by atoms with van der Waals surface area (Å²) in [5.41, 5.74) is 2.71.